The van der Waals surface area contributed by atoms with Crippen LogP contribution in [-0.2, 0) is 4.79 Å². The Kier molecular flexibility index (Phi) is 3.56. The van der Waals surface area contributed by atoms with Gasteiger partial charge in [0.25, 0.3) is 0 Å². The lowest BCUT2D eigenvalue weighted by Gasteiger charge is -2.30. The standard InChI is InChI=1S/C16H21NO2/c18-16(19)13-7-4-8-17(10-13)11-14-9-15(14)12-5-2-1-3-6-12/h1-3,5-6,13-15H,4,7-11H2,(H,18,19)/t13?,14-,15-/m0/s1. The lowest BCUT2D eigenvalue weighted by atomic mass is 9.98. The minimum atomic E-state index is -0.625. The topological polar surface area (TPSA) is 40.5 Å². The summed E-state index contributed by atoms with van der Waals surface area (Å²) in [5.74, 6) is 0.657. The van der Waals surface area contributed by atoms with Crippen molar-refractivity contribution in [3.63, 3.8) is 0 Å². The SMILES string of the molecule is O=C(O)C1CCCN(C[C@@H]2C[C@H]2c2ccccc2)C1. The second kappa shape index (κ2) is 5.33. The third-order valence-corrected chi connectivity index (χ3v) is 4.50. The molecule has 1 unspecified atom stereocenters. The molecule has 3 heteroatoms. The van der Waals surface area contributed by atoms with Gasteiger partial charge in [0.05, 0.1) is 5.92 Å². The van der Waals surface area contributed by atoms with Gasteiger partial charge in [0, 0.05) is 13.1 Å². The van der Waals surface area contributed by atoms with E-state index in [4.69, 9.17) is 5.11 Å². The van der Waals surface area contributed by atoms with Crippen molar-refractivity contribution in [2.75, 3.05) is 19.6 Å². The number of hydrogen-bond acceptors (Lipinski definition) is 2. The van der Waals surface area contributed by atoms with Gasteiger partial charge in [-0.1, -0.05) is 30.3 Å². The van der Waals surface area contributed by atoms with Crippen molar-refractivity contribution in [2.45, 2.75) is 25.2 Å². The van der Waals surface area contributed by atoms with Crippen LogP contribution in [0.4, 0.5) is 0 Å². The van der Waals surface area contributed by atoms with Gasteiger partial charge in [-0.2, -0.15) is 0 Å². The fourth-order valence-corrected chi connectivity index (χ4v) is 3.31. The molecule has 3 atom stereocenters. The molecule has 3 rings (SSSR count). The fourth-order valence-electron chi connectivity index (χ4n) is 3.31. The molecule has 1 saturated heterocycles. The van der Waals surface area contributed by atoms with Crippen molar-refractivity contribution >= 4 is 5.97 Å². The Morgan fingerprint density at radius 2 is 2.11 bits per heavy atom. The molecule has 1 aliphatic heterocycles. The van der Waals surface area contributed by atoms with E-state index in [1.165, 1.54) is 12.0 Å². The predicted octanol–water partition coefficient (Wildman–Crippen LogP) is 2.59. The first-order valence-electron chi connectivity index (χ1n) is 7.24. The van der Waals surface area contributed by atoms with Crippen molar-refractivity contribution in [3.05, 3.63) is 35.9 Å². The van der Waals surface area contributed by atoms with Crippen molar-refractivity contribution in [2.24, 2.45) is 11.8 Å². The minimum Gasteiger partial charge on any atom is -0.481 e. The molecule has 1 aromatic carbocycles. The second-order valence-corrected chi connectivity index (χ2v) is 5.95. The minimum absolute atomic E-state index is 0.150. The van der Waals surface area contributed by atoms with Crippen molar-refractivity contribution in [3.8, 4) is 0 Å². The van der Waals surface area contributed by atoms with Crippen LogP contribution in [0.2, 0.25) is 0 Å². The molecule has 1 aliphatic carbocycles. The van der Waals surface area contributed by atoms with Gasteiger partial charge in [0.2, 0.25) is 0 Å². The first-order valence-corrected chi connectivity index (χ1v) is 7.24. The molecule has 1 heterocycles. The van der Waals surface area contributed by atoms with E-state index in [-0.39, 0.29) is 5.92 Å². The van der Waals surface area contributed by atoms with Gasteiger partial charge in [-0.25, -0.2) is 0 Å². The number of piperidine rings is 1. The molecule has 3 nitrogen and oxygen atoms in total. The number of benzene rings is 1. The molecule has 1 saturated carbocycles. The second-order valence-electron chi connectivity index (χ2n) is 5.95. The number of carboxylic acid groups (broad SMARTS) is 1. The molecule has 1 N–H and O–H groups in total. The van der Waals surface area contributed by atoms with Gasteiger partial charge in [0.15, 0.2) is 0 Å². The fraction of sp³-hybridized carbons (Fsp3) is 0.562. The molecule has 102 valence electrons. The first kappa shape index (κ1) is 12.7. The summed E-state index contributed by atoms with van der Waals surface area (Å²) in [7, 11) is 0. The number of carbonyl (C=O) groups is 1. The van der Waals surface area contributed by atoms with Crippen LogP contribution >= 0.6 is 0 Å². The van der Waals surface area contributed by atoms with Crippen LogP contribution in [0.1, 0.15) is 30.7 Å². The quantitative estimate of drug-likeness (QED) is 0.903. The van der Waals surface area contributed by atoms with E-state index < -0.39 is 5.97 Å². The van der Waals surface area contributed by atoms with E-state index in [9.17, 15) is 4.79 Å². The molecule has 0 aromatic heterocycles. The Hall–Kier alpha value is -1.35. The average molecular weight is 259 g/mol. The molecule has 1 aromatic rings. The highest BCUT2D eigenvalue weighted by Crippen LogP contribution is 2.47. The lowest BCUT2D eigenvalue weighted by molar-refractivity contribution is -0.143. The summed E-state index contributed by atoms with van der Waals surface area (Å²) < 4.78 is 0. The van der Waals surface area contributed by atoms with Gasteiger partial charge in [0.1, 0.15) is 0 Å². The van der Waals surface area contributed by atoms with Crippen LogP contribution in [0.15, 0.2) is 30.3 Å². The van der Waals surface area contributed by atoms with Crippen LogP contribution in [0.25, 0.3) is 0 Å². The van der Waals surface area contributed by atoms with E-state index in [1.807, 2.05) is 0 Å². The summed E-state index contributed by atoms with van der Waals surface area (Å²) >= 11 is 0. The number of carboxylic acids is 1. The van der Waals surface area contributed by atoms with Gasteiger partial charge in [-0.3, -0.25) is 4.79 Å². The maximum atomic E-state index is 11.1. The Balaban J connectivity index is 1.52. The number of rotatable bonds is 4. The van der Waals surface area contributed by atoms with E-state index in [0.717, 1.165) is 38.4 Å². The molecule has 2 aliphatic rings. The Bertz CT molecular complexity index is 445. The summed E-state index contributed by atoms with van der Waals surface area (Å²) in [5, 5.41) is 9.11. The summed E-state index contributed by atoms with van der Waals surface area (Å²) in [6.07, 6.45) is 3.14. The third-order valence-electron chi connectivity index (χ3n) is 4.50. The number of likely N-dealkylation sites (tertiary alicyclic amines) is 1. The van der Waals surface area contributed by atoms with Gasteiger partial charge in [-0.15, -0.1) is 0 Å². The Morgan fingerprint density at radius 1 is 1.32 bits per heavy atom. The maximum absolute atomic E-state index is 11.1. The molecular formula is C16H21NO2. The zero-order chi connectivity index (χ0) is 13.2. The van der Waals surface area contributed by atoms with Crippen LogP contribution in [0.3, 0.4) is 0 Å². The average Bonchev–Trinajstić information content (AvgIpc) is 3.19. The lowest BCUT2D eigenvalue weighted by Crippen LogP contribution is -2.39. The predicted molar refractivity (Wildman–Crippen MR) is 74.1 cm³/mol. The summed E-state index contributed by atoms with van der Waals surface area (Å²) in [6, 6.07) is 10.7. The molecule has 0 bridgehead atoms. The zero-order valence-electron chi connectivity index (χ0n) is 11.2. The van der Waals surface area contributed by atoms with Crippen LogP contribution < -0.4 is 0 Å². The normalized spacial score (nSPS) is 31.1. The smallest absolute Gasteiger partial charge is 0.307 e. The summed E-state index contributed by atoms with van der Waals surface area (Å²) in [4.78, 5) is 13.4. The van der Waals surface area contributed by atoms with Gasteiger partial charge >= 0.3 is 5.97 Å². The van der Waals surface area contributed by atoms with Crippen molar-refractivity contribution in [1.29, 1.82) is 0 Å². The van der Waals surface area contributed by atoms with Gasteiger partial charge < -0.3 is 10.0 Å². The van der Waals surface area contributed by atoms with E-state index in [2.05, 4.69) is 35.2 Å². The Labute approximate surface area is 114 Å². The monoisotopic (exact) mass is 259 g/mol. The highest BCUT2D eigenvalue weighted by molar-refractivity contribution is 5.70. The molecule has 0 spiro atoms. The molecule has 2 fully saturated rings. The highest BCUT2D eigenvalue weighted by atomic mass is 16.4. The largest absolute Gasteiger partial charge is 0.481 e. The van der Waals surface area contributed by atoms with Crippen LogP contribution in [0, 0.1) is 11.8 Å². The molecule has 19 heavy (non-hydrogen) atoms. The summed E-state index contributed by atoms with van der Waals surface area (Å²) in [6.45, 7) is 2.89. The number of aliphatic carboxylic acids is 1. The van der Waals surface area contributed by atoms with Crippen LogP contribution in [-0.4, -0.2) is 35.6 Å². The van der Waals surface area contributed by atoms with E-state index in [1.54, 1.807) is 0 Å². The third kappa shape index (κ3) is 2.98. The zero-order valence-corrected chi connectivity index (χ0v) is 11.2. The maximum Gasteiger partial charge on any atom is 0.307 e. The molecular weight excluding hydrogens is 238 g/mol. The van der Waals surface area contributed by atoms with E-state index in [0.29, 0.717) is 5.92 Å². The van der Waals surface area contributed by atoms with Crippen LogP contribution in [0.5, 0.6) is 0 Å². The molecule has 0 amide bonds. The number of nitrogens with zero attached hydrogens (tertiary/aromatic N) is 1. The van der Waals surface area contributed by atoms with Crippen molar-refractivity contribution in [1.82, 2.24) is 4.90 Å². The van der Waals surface area contributed by atoms with Gasteiger partial charge in [-0.05, 0) is 43.2 Å². The highest BCUT2D eigenvalue weighted by Gasteiger charge is 2.40. The Morgan fingerprint density at radius 3 is 2.84 bits per heavy atom. The first-order chi connectivity index (χ1) is 9.24. The number of hydrogen-bond donors (Lipinski definition) is 1. The van der Waals surface area contributed by atoms with E-state index >= 15 is 0 Å². The van der Waals surface area contributed by atoms with Crippen molar-refractivity contribution < 1.29 is 9.90 Å². The molecule has 0 radical (unpaired) electrons. The summed E-state index contributed by atoms with van der Waals surface area (Å²) in [5.41, 5.74) is 1.44.